The van der Waals surface area contributed by atoms with Crippen LogP contribution in [0.25, 0.3) is 22.2 Å². The summed E-state index contributed by atoms with van der Waals surface area (Å²) in [5.41, 5.74) is 3.59. The van der Waals surface area contributed by atoms with Crippen molar-refractivity contribution in [3.05, 3.63) is 85.4 Å². The number of furan rings is 1. The molecule has 2 aromatic carbocycles. The molecule has 7 nitrogen and oxygen atoms in total. The van der Waals surface area contributed by atoms with Crippen molar-refractivity contribution in [1.29, 1.82) is 0 Å². The van der Waals surface area contributed by atoms with E-state index in [0.29, 0.717) is 22.6 Å². The van der Waals surface area contributed by atoms with Crippen LogP contribution in [0, 0.1) is 0 Å². The molecule has 0 saturated carbocycles. The summed E-state index contributed by atoms with van der Waals surface area (Å²) >= 11 is 0. The highest BCUT2D eigenvalue weighted by molar-refractivity contribution is 6.02. The molecule has 0 saturated heterocycles. The van der Waals surface area contributed by atoms with Gasteiger partial charge in [0.05, 0.1) is 18.0 Å². The van der Waals surface area contributed by atoms with E-state index in [1.807, 2.05) is 48.5 Å². The molecular formula is C23H20N4O3. The predicted octanol–water partition coefficient (Wildman–Crippen LogP) is 4.16. The molecule has 4 aromatic rings. The lowest BCUT2D eigenvalue weighted by molar-refractivity contribution is -0.111. The van der Waals surface area contributed by atoms with Gasteiger partial charge < -0.3 is 20.2 Å². The molecule has 0 fully saturated rings. The fourth-order valence-corrected chi connectivity index (χ4v) is 3.24. The topological polar surface area (TPSA) is 100 Å². The van der Waals surface area contributed by atoms with Crippen molar-refractivity contribution in [3.8, 4) is 11.1 Å². The average molecular weight is 400 g/mol. The molecule has 2 heterocycles. The number of aliphatic hydroxyl groups is 1. The minimum atomic E-state index is -0.342. The van der Waals surface area contributed by atoms with E-state index in [0.717, 1.165) is 16.7 Å². The second kappa shape index (κ2) is 8.59. The zero-order valence-electron chi connectivity index (χ0n) is 16.1. The molecule has 3 N–H and O–H groups in total. The molecule has 0 aliphatic rings. The number of rotatable bonds is 7. The highest BCUT2D eigenvalue weighted by Gasteiger charge is 2.18. The molecule has 0 unspecified atom stereocenters. The van der Waals surface area contributed by atoms with E-state index in [4.69, 9.17) is 4.42 Å². The summed E-state index contributed by atoms with van der Waals surface area (Å²) in [5.74, 6) is 0.260. The number of aromatic nitrogens is 2. The standard InChI is InChI=1S/C23H20N4O3/c1-2-20(29)26-17-10-6-9-16(11-17)18-13-30-23-21(18)22(24-14-25-23)27-19(12-28)15-7-4-3-5-8-15/h2-11,13-14,19,28H,1,12H2,(H,26,29)(H,24,25,27)/t19-/m1/s1. The number of carbonyl (C=O) groups is 1. The lowest BCUT2D eigenvalue weighted by Gasteiger charge is -2.18. The van der Waals surface area contributed by atoms with Crippen molar-refractivity contribution >= 4 is 28.5 Å². The fraction of sp³-hybridized carbons (Fsp3) is 0.0870. The smallest absolute Gasteiger partial charge is 0.247 e. The minimum absolute atomic E-state index is 0.105. The van der Waals surface area contributed by atoms with Gasteiger partial charge in [-0.3, -0.25) is 4.79 Å². The van der Waals surface area contributed by atoms with E-state index in [1.165, 1.54) is 12.4 Å². The summed E-state index contributed by atoms with van der Waals surface area (Å²) < 4.78 is 5.65. The number of anilines is 2. The van der Waals surface area contributed by atoms with E-state index in [-0.39, 0.29) is 18.6 Å². The van der Waals surface area contributed by atoms with Crippen molar-refractivity contribution in [1.82, 2.24) is 9.97 Å². The molecule has 7 heteroatoms. The van der Waals surface area contributed by atoms with Gasteiger partial charge in [0.1, 0.15) is 18.4 Å². The molecule has 0 aliphatic carbocycles. The Morgan fingerprint density at radius 1 is 1.17 bits per heavy atom. The van der Waals surface area contributed by atoms with Gasteiger partial charge in [0, 0.05) is 11.3 Å². The maximum Gasteiger partial charge on any atom is 0.247 e. The first kappa shape index (κ1) is 19.4. The Labute approximate surface area is 173 Å². The zero-order valence-corrected chi connectivity index (χ0v) is 16.1. The number of nitrogens with one attached hydrogen (secondary N) is 2. The van der Waals surface area contributed by atoms with Crippen LogP contribution in [0.2, 0.25) is 0 Å². The van der Waals surface area contributed by atoms with Gasteiger partial charge in [-0.1, -0.05) is 49.0 Å². The number of aliphatic hydroxyl groups excluding tert-OH is 1. The first-order chi connectivity index (χ1) is 14.7. The molecule has 30 heavy (non-hydrogen) atoms. The molecule has 0 spiro atoms. The van der Waals surface area contributed by atoms with Gasteiger partial charge in [0.2, 0.25) is 11.6 Å². The third kappa shape index (κ3) is 3.92. The summed E-state index contributed by atoms with van der Waals surface area (Å²) in [6.45, 7) is 3.36. The Bertz CT molecular complexity index is 1190. The molecule has 1 amide bonds. The van der Waals surface area contributed by atoms with Gasteiger partial charge in [-0.15, -0.1) is 0 Å². The number of hydrogen-bond acceptors (Lipinski definition) is 6. The molecule has 0 aliphatic heterocycles. The maximum atomic E-state index is 11.6. The van der Waals surface area contributed by atoms with Crippen LogP contribution >= 0.6 is 0 Å². The molecular weight excluding hydrogens is 380 g/mol. The normalized spacial score (nSPS) is 11.8. The first-order valence-electron chi connectivity index (χ1n) is 9.38. The highest BCUT2D eigenvalue weighted by atomic mass is 16.3. The number of carbonyl (C=O) groups excluding carboxylic acids is 1. The number of benzene rings is 2. The monoisotopic (exact) mass is 400 g/mol. The van der Waals surface area contributed by atoms with E-state index in [9.17, 15) is 9.90 Å². The van der Waals surface area contributed by atoms with Gasteiger partial charge in [0.15, 0.2) is 0 Å². The Morgan fingerprint density at radius 2 is 2.00 bits per heavy atom. The Balaban J connectivity index is 1.74. The first-order valence-corrected chi connectivity index (χ1v) is 9.38. The Kier molecular flexibility index (Phi) is 5.54. The van der Waals surface area contributed by atoms with Gasteiger partial charge in [-0.2, -0.15) is 0 Å². The van der Waals surface area contributed by atoms with Gasteiger partial charge in [0.25, 0.3) is 0 Å². The summed E-state index contributed by atoms with van der Waals surface area (Å²) in [6, 6.07) is 16.7. The molecule has 0 bridgehead atoms. The largest absolute Gasteiger partial charge is 0.445 e. The summed E-state index contributed by atoms with van der Waals surface area (Å²) in [6.07, 6.45) is 4.24. The SMILES string of the molecule is C=CC(=O)Nc1cccc(-c2coc3ncnc(N[C@H](CO)c4ccccc4)c23)c1. The van der Waals surface area contributed by atoms with Crippen molar-refractivity contribution in [2.24, 2.45) is 0 Å². The van der Waals surface area contributed by atoms with Crippen LogP contribution in [-0.2, 0) is 4.79 Å². The van der Waals surface area contributed by atoms with Crippen LogP contribution in [-0.4, -0.2) is 27.6 Å². The second-order valence-electron chi connectivity index (χ2n) is 6.62. The number of hydrogen-bond donors (Lipinski definition) is 3. The molecule has 150 valence electrons. The van der Waals surface area contributed by atoms with E-state index >= 15 is 0 Å². The number of fused-ring (bicyclic) bond motifs is 1. The second-order valence-corrected chi connectivity index (χ2v) is 6.62. The highest BCUT2D eigenvalue weighted by Crippen LogP contribution is 2.35. The quantitative estimate of drug-likeness (QED) is 0.403. The minimum Gasteiger partial charge on any atom is -0.445 e. The predicted molar refractivity (Wildman–Crippen MR) is 116 cm³/mol. The van der Waals surface area contributed by atoms with Crippen LogP contribution in [0.15, 0.2) is 84.3 Å². The summed E-state index contributed by atoms with van der Waals surface area (Å²) in [7, 11) is 0. The lowest BCUT2D eigenvalue weighted by Crippen LogP contribution is -2.15. The van der Waals surface area contributed by atoms with E-state index in [2.05, 4.69) is 27.2 Å². The van der Waals surface area contributed by atoms with Gasteiger partial charge in [-0.05, 0) is 29.3 Å². The van der Waals surface area contributed by atoms with Crippen molar-refractivity contribution in [2.75, 3.05) is 17.2 Å². The average Bonchev–Trinajstić information content (AvgIpc) is 3.23. The molecule has 0 radical (unpaired) electrons. The van der Waals surface area contributed by atoms with E-state index in [1.54, 1.807) is 12.3 Å². The van der Waals surface area contributed by atoms with Crippen LogP contribution in [0.3, 0.4) is 0 Å². The van der Waals surface area contributed by atoms with Crippen molar-refractivity contribution in [2.45, 2.75) is 6.04 Å². The number of nitrogens with zero attached hydrogens (tertiary/aromatic N) is 2. The van der Waals surface area contributed by atoms with Gasteiger partial charge in [-0.25, -0.2) is 9.97 Å². The van der Waals surface area contributed by atoms with Crippen molar-refractivity contribution in [3.63, 3.8) is 0 Å². The van der Waals surface area contributed by atoms with Crippen molar-refractivity contribution < 1.29 is 14.3 Å². The number of amides is 1. The lowest BCUT2D eigenvalue weighted by atomic mass is 10.0. The van der Waals surface area contributed by atoms with Crippen LogP contribution in [0.1, 0.15) is 11.6 Å². The maximum absolute atomic E-state index is 11.6. The van der Waals surface area contributed by atoms with Crippen LogP contribution < -0.4 is 10.6 Å². The fourth-order valence-electron chi connectivity index (χ4n) is 3.24. The molecule has 4 rings (SSSR count). The zero-order chi connectivity index (χ0) is 20.9. The van der Waals surface area contributed by atoms with Crippen LogP contribution in [0.4, 0.5) is 11.5 Å². The van der Waals surface area contributed by atoms with Crippen LogP contribution in [0.5, 0.6) is 0 Å². The van der Waals surface area contributed by atoms with E-state index < -0.39 is 0 Å². The summed E-state index contributed by atoms with van der Waals surface area (Å²) in [5, 5.41) is 16.7. The molecule has 1 atom stereocenters. The molecule has 2 aromatic heterocycles. The Hall–Kier alpha value is -3.97. The Morgan fingerprint density at radius 3 is 2.77 bits per heavy atom. The summed E-state index contributed by atoms with van der Waals surface area (Å²) in [4.78, 5) is 20.2. The third-order valence-corrected chi connectivity index (χ3v) is 4.69. The third-order valence-electron chi connectivity index (χ3n) is 4.69. The van der Waals surface area contributed by atoms with Gasteiger partial charge >= 0.3 is 0 Å².